The summed E-state index contributed by atoms with van der Waals surface area (Å²) in [6.07, 6.45) is 6.01. The molecule has 1 aromatic rings. The molecule has 0 aromatic heterocycles. The van der Waals surface area contributed by atoms with Gasteiger partial charge in [-0.2, -0.15) is 4.39 Å². The quantitative estimate of drug-likeness (QED) is 0.683. The summed E-state index contributed by atoms with van der Waals surface area (Å²) in [6, 6.07) is 4.61. The van der Waals surface area contributed by atoms with Crippen molar-refractivity contribution in [2.45, 2.75) is 38.1 Å². The van der Waals surface area contributed by atoms with E-state index < -0.39 is 16.4 Å². The summed E-state index contributed by atoms with van der Waals surface area (Å²) < 4.78 is 13.7. The summed E-state index contributed by atoms with van der Waals surface area (Å²) in [6.45, 7) is 3.75. The van der Waals surface area contributed by atoms with Gasteiger partial charge in [-0.05, 0) is 30.4 Å². The van der Waals surface area contributed by atoms with Crippen molar-refractivity contribution >= 4 is 5.69 Å². The third kappa shape index (κ3) is 3.70. The lowest BCUT2D eigenvalue weighted by Crippen LogP contribution is -2.47. The molecule has 1 aromatic carbocycles. The van der Waals surface area contributed by atoms with Crippen LogP contribution in [0.3, 0.4) is 0 Å². The highest BCUT2D eigenvalue weighted by molar-refractivity contribution is 5.38. The molecule has 0 unspecified atom stereocenters. The molecule has 126 valence electrons. The third-order valence-electron chi connectivity index (χ3n) is 5.15. The largest absolute Gasteiger partial charge is 0.314 e. The van der Waals surface area contributed by atoms with Gasteiger partial charge in [0.05, 0.1) is 4.92 Å². The maximum Gasteiger partial charge on any atom is 0.305 e. The number of nitro benzene ring substituents is 1. The second-order valence-corrected chi connectivity index (χ2v) is 6.60. The van der Waals surface area contributed by atoms with E-state index in [1.54, 1.807) is 6.07 Å². The van der Waals surface area contributed by atoms with Crippen LogP contribution in [0.15, 0.2) is 18.2 Å². The molecule has 1 saturated heterocycles. The van der Waals surface area contributed by atoms with Gasteiger partial charge >= 0.3 is 5.69 Å². The fourth-order valence-corrected chi connectivity index (χ4v) is 4.04. The van der Waals surface area contributed by atoms with Crippen LogP contribution in [-0.2, 0) is 0 Å². The molecule has 0 spiro atoms. The molecule has 1 saturated carbocycles. The van der Waals surface area contributed by atoms with Crippen molar-refractivity contribution < 1.29 is 9.31 Å². The third-order valence-corrected chi connectivity index (χ3v) is 5.15. The Balaban J connectivity index is 1.93. The predicted octanol–water partition coefficient (Wildman–Crippen LogP) is 3.26. The standard InChI is InChI=1S/C17H24FN3O2/c18-15-7-6-14(12-16(15)21(22)23)17(13-4-2-1-3-5-13)20-10-8-19-9-11-20/h6-7,12-13,17,19H,1-5,8-11H2/t17-/m0/s1. The van der Waals surface area contributed by atoms with E-state index in [1.807, 2.05) is 0 Å². The number of hydrogen-bond acceptors (Lipinski definition) is 4. The summed E-state index contributed by atoms with van der Waals surface area (Å²) in [5.41, 5.74) is 0.491. The minimum absolute atomic E-state index is 0.164. The van der Waals surface area contributed by atoms with Gasteiger partial charge in [-0.1, -0.05) is 25.3 Å². The van der Waals surface area contributed by atoms with Crippen molar-refractivity contribution in [3.05, 3.63) is 39.7 Å². The van der Waals surface area contributed by atoms with Gasteiger partial charge in [-0.3, -0.25) is 15.0 Å². The van der Waals surface area contributed by atoms with Crippen molar-refractivity contribution in [1.29, 1.82) is 0 Å². The second kappa shape index (κ2) is 7.36. The molecule has 2 aliphatic rings. The Morgan fingerprint density at radius 2 is 1.91 bits per heavy atom. The number of nitro groups is 1. The normalized spacial score (nSPS) is 22.0. The Morgan fingerprint density at radius 3 is 2.57 bits per heavy atom. The zero-order chi connectivity index (χ0) is 16.2. The minimum Gasteiger partial charge on any atom is -0.314 e. The minimum atomic E-state index is -0.749. The van der Waals surface area contributed by atoms with Gasteiger partial charge in [0.1, 0.15) is 0 Å². The zero-order valence-corrected chi connectivity index (χ0v) is 13.3. The van der Waals surface area contributed by atoms with Gasteiger partial charge in [0.15, 0.2) is 0 Å². The molecular formula is C17H24FN3O2. The zero-order valence-electron chi connectivity index (χ0n) is 13.3. The Morgan fingerprint density at radius 1 is 1.22 bits per heavy atom. The molecule has 2 fully saturated rings. The summed E-state index contributed by atoms with van der Waals surface area (Å²) >= 11 is 0. The highest BCUT2D eigenvalue weighted by Gasteiger charge is 2.32. The first kappa shape index (κ1) is 16.3. The lowest BCUT2D eigenvalue weighted by atomic mass is 9.80. The molecular weight excluding hydrogens is 297 g/mol. The van der Waals surface area contributed by atoms with Gasteiger partial charge < -0.3 is 5.32 Å². The molecule has 5 nitrogen and oxygen atoms in total. The van der Waals surface area contributed by atoms with E-state index in [-0.39, 0.29) is 6.04 Å². The van der Waals surface area contributed by atoms with Crippen molar-refractivity contribution in [3.8, 4) is 0 Å². The fraction of sp³-hybridized carbons (Fsp3) is 0.647. The summed E-state index contributed by atoms with van der Waals surface area (Å²) in [4.78, 5) is 12.9. The Labute approximate surface area is 136 Å². The SMILES string of the molecule is O=[N+]([O-])c1cc([C@H](C2CCCCC2)N2CCNCC2)ccc1F. The Bertz CT molecular complexity index is 537. The van der Waals surface area contributed by atoms with E-state index in [0.717, 1.165) is 44.6 Å². The van der Waals surface area contributed by atoms with E-state index in [9.17, 15) is 14.5 Å². The van der Waals surface area contributed by atoms with E-state index in [1.165, 1.54) is 31.4 Å². The first-order valence-electron chi connectivity index (χ1n) is 8.55. The maximum atomic E-state index is 13.7. The van der Waals surface area contributed by atoms with E-state index in [2.05, 4.69) is 10.2 Å². The average Bonchev–Trinajstić information content (AvgIpc) is 2.58. The lowest BCUT2D eigenvalue weighted by Gasteiger charge is -2.41. The van der Waals surface area contributed by atoms with Crippen LogP contribution in [0, 0.1) is 21.8 Å². The van der Waals surface area contributed by atoms with Gasteiger partial charge in [-0.25, -0.2) is 0 Å². The van der Waals surface area contributed by atoms with Gasteiger partial charge in [0.2, 0.25) is 5.82 Å². The summed E-state index contributed by atoms with van der Waals surface area (Å²) in [5.74, 6) is -0.242. The fourth-order valence-electron chi connectivity index (χ4n) is 4.04. The van der Waals surface area contributed by atoms with E-state index in [0.29, 0.717) is 5.92 Å². The van der Waals surface area contributed by atoms with Crippen LogP contribution in [0.4, 0.5) is 10.1 Å². The molecule has 1 aliphatic heterocycles. The van der Waals surface area contributed by atoms with Crippen molar-refractivity contribution in [2.75, 3.05) is 26.2 Å². The molecule has 0 amide bonds. The van der Waals surface area contributed by atoms with Crippen LogP contribution >= 0.6 is 0 Å². The monoisotopic (exact) mass is 321 g/mol. The lowest BCUT2D eigenvalue weighted by molar-refractivity contribution is -0.387. The van der Waals surface area contributed by atoms with Crippen LogP contribution in [-0.4, -0.2) is 36.0 Å². The molecule has 0 bridgehead atoms. The van der Waals surface area contributed by atoms with Gasteiger partial charge in [0.25, 0.3) is 0 Å². The van der Waals surface area contributed by atoms with Crippen LogP contribution in [0.2, 0.25) is 0 Å². The number of hydrogen-bond donors (Lipinski definition) is 1. The number of nitrogens with zero attached hydrogens (tertiary/aromatic N) is 2. The first-order chi connectivity index (χ1) is 11.2. The number of benzene rings is 1. The molecule has 1 aliphatic carbocycles. The number of nitrogens with one attached hydrogen (secondary N) is 1. The van der Waals surface area contributed by atoms with E-state index >= 15 is 0 Å². The van der Waals surface area contributed by atoms with Crippen LogP contribution < -0.4 is 5.32 Å². The van der Waals surface area contributed by atoms with Crippen molar-refractivity contribution in [1.82, 2.24) is 10.2 Å². The Hall–Kier alpha value is -1.53. The highest BCUT2D eigenvalue weighted by Crippen LogP contribution is 2.39. The molecule has 3 rings (SSSR count). The molecule has 1 heterocycles. The molecule has 1 N–H and O–H groups in total. The molecule has 6 heteroatoms. The van der Waals surface area contributed by atoms with Crippen LogP contribution in [0.25, 0.3) is 0 Å². The summed E-state index contributed by atoms with van der Waals surface area (Å²) in [5, 5.41) is 14.4. The predicted molar refractivity (Wildman–Crippen MR) is 86.8 cm³/mol. The van der Waals surface area contributed by atoms with Crippen LogP contribution in [0.1, 0.15) is 43.7 Å². The average molecular weight is 321 g/mol. The molecule has 23 heavy (non-hydrogen) atoms. The van der Waals surface area contributed by atoms with Crippen molar-refractivity contribution in [2.24, 2.45) is 5.92 Å². The maximum absolute atomic E-state index is 13.7. The molecule has 1 atom stereocenters. The smallest absolute Gasteiger partial charge is 0.305 e. The first-order valence-corrected chi connectivity index (χ1v) is 8.55. The number of piperazine rings is 1. The van der Waals surface area contributed by atoms with Gasteiger partial charge in [-0.15, -0.1) is 0 Å². The van der Waals surface area contributed by atoms with Gasteiger partial charge in [0, 0.05) is 38.3 Å². The van der Waals surface area contributed by atoms with Crippen molar-refractivity contribution in [3.63, 3.8) is 0 Å². The van der Waals surface area contributed by atoms with E-state index in [4.69, 9.17) is 0 Å². The Kier molecular flexibility index (Phi) is 5.23. The van der Waals surface area contributed by atoms with Crippen LogP contribution in [0.5, 0.6) is 0 Å². The number of halogens is 1. The molecule has 0 radical (unpaired) electrons. The topological polar surface area (TPSA) is 58.4 Å². The highest BCUT2D eigenvalue weighted by atomic mass is 19.1. The second-order valence-electron chi connectivity index (χ2n) is 6.60. The number of rotatable bonds is 4. The summed E-state index contributed by atoms with van der Waals surface area (Å²) in [7, 11) is 0.